The van der Waals surface area contributed by atoms with Crippen molar-refractivity contribution < 1.29 is 19.7 Å². The van der Waals surface area contributed by atoms with E-state index in [0.717, 1.165) is 18.6 Å². The fourth-order valence-corrected chi connectivity index (χ4v) is 10.1. The summed E-state index contributed by atoms with van der Waals surface area (Å²) in [6.07, 6.45) is 21.7. The van der Waals surface area contributed by atoms with Crippen molar-refractivity contribution in [3.8, 4) is 0 Å². The van der Waals surface area contributed by atoms with E-state index < -0.39 is 8.96 Å². The third-order valence-corrected chi connectivity index (χ3v) is 11.9. The molecule has 0 amide bonds. The number of ether oxygens (including phenoxy) is 1. The molecular formula is C27H55NO4SSi. The lowest BCUT2D eigenvalue weighted by Crippen LogP contribution is -2.48. The Labute approximate surface area is 216 Å². The quantitative estimate of drug-likeness (QED) is 0.106. The molecule has 0 aromatic heterocycles. The first-order chi connectivity index (χ1) is 16.7. The molecular weight excluding hydrogens is 462 g/mol. The number of carbonyl (C=O) groups is 1. The minimum absolute atomic E-state index is 0.171. The van der Waals surface area contributed by atoms with Gasteiger partial charge in [0.15, 0.2) is 5.12 Å². The predicted molar refractivity (Wildman–Crippen MR) is 149 cm³/mol. The van der Waals surface area contributed by atoms with Gasteiger partial charge in [0.1, 0.15) is 15.8 Å². The predicted octanol–water partition coefficient (Wildman–Crippen LogP) is 6.26. The van der Waals surface area contributed by atoms with Gasteiger partial charge in [-0.05, 0) is 50.7 Å². The first-order valence-corrected chi connectivity index (χ1v) is 17.5. The van der Waals surface area contributed by atoms with Gasteiger partial charge in [0.25, 0.3) is 0 Å². The Morgan fingerprint density at radius 2 is 1.53 bits per heavy atom. The maximum absolute atomic E-state index is 11.3. The highest BCUT2D eigenvalue weighted by molar-refractivity contribution is 8.13. The van der Waals surface area contributed by atoms with Gasteiger partial charge in [0.2, 0.25) is 0 Å². The zero-order valence-corrected chi connectivity index (χ0v) is 24.2. The van der Waals surface area contributed by atoms with Crippen LogP contribution in [-0.4, -0.2) is 67.2 Å². The largest absolute Gasteiger partial charge is 0.396 e. The van der Waals surface area contributed by atoms with E-state index in [1.165, 1.54) is 127 Å². The third kappa shape index (κ3) is 17.5. The van der Waals surface area contributed by atoms with Crippen molar-refractivity contribution in [2.45, 2.75) is 134 Å². The summed E-state index contributed by atoms with van der Waals surface area (Å²) in [5.41, 5.74) is 0. The van der Waals surface area contributed by atoms with Gasteiger partial charge in [-0.15, -0.1) is 0 Å². The highest BCUT2D eigenvalue weighted by Gasteiger charge is 2.27. The number of hydrogen-bond acceptors (Lipinski definition) is 6. The number of aliphatic hydroxyl groups excluding tert-OH is 2. The maximum Gasteiger partial charge on any atom is 0.185 e. The first-order valence-electron chi connectivity index (χ1n) is 14.4. The average molecular weight is 518 g/mol. The highest BCUT2D eigenvalue weighted by atomic mass is 32.2. The van der Waals surface area contributed by atoms with Gasteiger partial charge in [-0.3, -0.25) is 4.79 Å². The summed E-state index contributed by atoms with van der Waals surface area (Å²) < 4.78 is 8.30. The molecule has 1 fully saturated rings. The number of rotatable bonds is 21. The van der Waals surface area contributed by atoms with Crippen LogP contribution in [0.5, 0.6) is 0 Å². The summed E-state index contributed by atoms with van der Waals surface area (Å²) in [6, 6.07) is 3.35. The second-order valence-electron chi connectivity index (χ2n) is 10.1. The molecule has 0 saturated carbocycles. The Kier molecular flexibility index (Phi) is 22.2. The minimum Gasteiger partial charge on any atom is -0.396 e. The Morgan fingerprint density at radius 1 is 0.882 bits per heavy atom. The number of aliphatic hydroxyl groups is 2. The zero-order chi connectivity index (χ0) is 24.7. The van der Waals surface area contributed by atoms with Crippen molar-refractivity contribution in [3.05, 3.63) is 0 Å². The standard InChI is InChI=1S/C27H55NO4SSi/c1-26(31)33-22-16-24-34-23-15-11-9-13-19-28(34)27(18-21-32-25-30)17-12-8-6-4-2-3-5-7-10-14-20-29/h27,29-30,34H,2-25H2,1H3. The number of hydrogen-bond donors (Lipinski definition) is 2. The molecule has 2 unspecified atom stereocenters. The third-order valence-electron chi connectivity index (χ3n) is 7.26. The van der Waals surface area contributed by atoms with E-state index in [-0.39, 0.29) is 11.9 Å². The van der Waals surface area contributed by atoms with Gasteiger partial charge in [0, 0.05) is 25.3 Å². The molecule has 1 aliphatic heterocycles. The zero-order valence-electron chi connectivity index (χ0n) is 22.2. The number of thioether (sulfide) groups is 1. The van der Waals surface area contributed by atoms with Crippen LogP contribution in [0.1, 0.15) is 116 Å². The van der Waals surface area contributed by atoms with Crippen molar-refractivity contribution >= 4 is 25.8 Å². The van der Waals surface area contributed by atoms with E-state index in [1.54, 1.807) is 6.92 Å². The van der Waals surface area contributed by atoms with E-state index in [4.69, 9.17) is 14.9 Å². The van der Waals surface area contributed by atoms with Crippen LogP contribution >= 0.6 is 11.8 Å². The van der Waals surface area contributed by atoms with Crippen LogP contribution in [0.4, 0.5) is 0 Å². The Bertz CT molecular complexity index is 472. The molecule has 202 valence electrons. The highest BCUT2D eigenvalue weighted by Crippen LogP contribution is 2.26. The van der Waals surface area contributed by atoms with Crippen LogP contribution < -0.4 is 0 Å². The van der Waals surface area contributed by atoms with Crippen LogP contribution in [0.25, 0.3) is 0 Å². The number of unbranched alkanes of at least 4 members (excludes halogenated alkanes) is 9. The summed E-state index contributed by atoms with van der Waals surface area (Å²) in [5, 5.41) is 18.2. The van der Waals surface area contributed by atoms with Gasteiger partial charge in [-0.25, -0.2) is 0 Å². The molecule has 1 rings (SSSR count). The maximum atomic E-state index is 11.3. The molecule has 1 saturated heterocycles. The number of carbonyl (C=O) groups excluding carboxylic acids is 1. The molecule has 0 aromatic carbocycles. The first kappa shape index (κ1) is 32.1. The van der Waals surface area contributed by atoms with Gasteiger partial charge in [-0.1, -0.05) is 88.8 Å². The van der Waals surface area contributed by atoms with Crippen molar-refractivity contribution in [2.24, 2.45) is 0 Å². The molecule has 34 heavy (non-hydrogen) atoms. The Balaban J connectivity index is 2.44. The fourth-order valence-electron chi connectivity index (χ4n) is 5.37. The Hall–Kier alpha value is 0.0769. The average Bonchev–Trinajstić information content (AvgIpc) is 2.80. The van der Waals surface area contributed by atoms with E-state index in [2.05, 4.69) is 4.57 Å². The van der Waals surface area contributed by atoms with E-state index >= 15 is 0 Å². The summed E-state index contributed by atoms with van der Waals surface area (Å²) in [6.45, 7) is 3.76. The van der Waals surface area contributed by atoms with Crippen molar-refractivity contribution in [1.29, 1.82) is 0 Å². The van der Waals surface area contributed by atoms with Crippen LogP contribution in [-0.2, 0) is 9.53 Å². The molecule has 0 radical (unpaired) electrons. The van der Waals surface area contributed by atoms with Crippen LogP contribution in [0.3, 0.4) is 0 Å². The number of nitrogens with zero attached hydrogens (tertiary/aromatic N) is 1. The Morgan fingerprint density at radius 3 is 2.18 bits per heavy atom. The smallest absolute Gasteiger partial charge is 0.185 e. The SMILES string of the molecule is CC(=O)SCCC[SiH]1CCCCCCN1C(CCCCCCCCCCCCO)CCOCO. The van der Waals surface area contributed by atoms with E-state index in [0.29, 0.717) is 19.3 Å². The molecule has 0 aromatic rings. The normalized spacial score (nSPS) is 18.5. The lowest BCUT2D eigenvalue weighted by atomic mass is 10.0. The van der Waals surface area contributed by atoms with Gasteiger partial charge in [0.05, 0.1) is 6.61 Å². The van der Waals surface area contributed by atoms with Crippen LogP contribution in [0.2, 0.25) is 12.1 Å². The summed E-state index contributed by atoms with van der Waals surface area (Å²) in [4.78, 5) is 11.3. The second-order valence-corrected chi connectivity index (χ2v) is 14.5. The molecule has 0 bridgehead atoms. The van der Waals surface area contributed by atoms with Crippen LogP contribution in [0.15, 0.2) is 0 Å². The molecule has 2 N–H and O–H groups in total. The monoisotopic (exact) mass is 517 g/mol. The molecule has 1 heterocycles. The minimum atomic E-state index is -0.999. The van der Waals surface area contributed by atoms with Gasteiger partial charge < -0.3 is 19.5 Å². The summed E-state index contributed by atoms with van der Waals surface area (Å²) in [7, 11) is -0.999. The van der Waals surface area contributed by atoms with Crippen molar-refractivity contribution in [2.75, 3.05) is 32.3 Å². The fraction of sp³-hybridized carbons (Fsp3) is 0.963. The van der Waals surface area contributed by atoms with Crippen LogP contribution in [0, 0.1) is 0 Å². The van der Waals surface area contributed by atoms with E-state index in [9.17, 15) is 4.79 Å². The van der Waals surface area contributed by atoms with E-state index in [1.807, 2.05) is 0 Å². The van der Waals surface area contributed by atoms with Crippen molar-refractivity contribution in [1.82, 2.24) is 4.57 Å². The second kappa shape index (κ2) is 23.5. The van der Waals surface area contributed by atoms with Gasteiger partial charge in [-0.2, -0.15) is 0 Å². The summed E-state index contributed by atoms with van der Waals surface area (Å²) >= 11 is 1.49. The molecule has 0 aliphatic carbocycles. The van der Waals surface area contributed by atoms with Gasteiger partial charge >= 0.3 is 0 Å². The summed E-state index contributed by atoms with van der Waals surface area (Å²) in [5.74, 6) is 0.979. The molecule has 7 heteroatoms. The lowest BCUT2D eigenvalue weighted by molar-refractivity contribution is -0.109. The molecule has 2 atom stereocenters. The molecule has 1 aliphatic rings. The molecule has 5 nitrogen and oxygen atoms in total. The molecule has 0 spiro atoms. The lowest BCUT2D eigenvalue weighted by Gasteiger charge is -2.39. The topological polar surface area (TPSA) is 70.0 Å². The van der Waals surface area contributed by atoms with Crippen molar-refractivity contribution in [3.63, 3.8) is 0 Å².